The van der Waals surface area contributed by atoms with Crippen LogP contribution >= 0.6 is 15.9 Å². The van der Waals surface area contributed by atoms with E-state index in [-0.39, 0.29) is 11.3 Å². The fraction of sp³-hybridized carbons (Fsp3) is 0.364. The van der Waals surface area contributed by atoms with Gasteiger partial charge in [-0.1, -0.05) is 15.9 Å². The van der Waals surface area contributed by atoms with Crippen LogP contribution in [0.5, 0.6) is 5.75 Å². The molecule has 0 aliphatic rings. The van der Waals surface area contributed by atoms with Gasteiger partial charge in [-0.2, -0.15) is 8.78 Å². The summed E-state index contributed by atoms with van der Waals surface area (Å²) in [5.74, 6) is -5.03. The molecule has 0 aromatic heterocycles. The van der Waals surface area contributed by atoms with Crippen molar-refractivity contribution in [3.63, 3.8) is 0 Å². The van der Waals surface area contributed by atoms with Crippen LogP contribution in [-0.4, -0.2) is 31.9 Å². The minimum atomic E-state index is -4.27. The quantitative estimate of drug-likeness (QED) is 0.834. The summed E-state index contributed by atoms with van der Waals surface area (Å²) in [6.07, 6.45) is -3.83. The largest absolute Gasteiger partial charge is 0.496 e. The third-order valence-corrected chi connectivity index (χ3v) is 2.71. The molecule has 0 radical (unpaired) electrons. The van der Waals surface area contributed by atoms with Crippen LogP contribution in [0, 0.1) is 0 Å². The number of nitrogens with one attached hydrogen (secondary N) is 1. The van der Waals surface area contributed by atoms with E-state index in [1.54, 1.807) is 5.32 Å². The molecule has 1 rings (SSSR count). The molecular formula is C11H10BrF4NO2. The molecule has 0 saturated carbocycles. The topological polar surface area (TPSA) is 38.3 Å². The molecule has 0 atom stereocenters. The molecule has 1 aromatic carbocycles. The van der Waals surface area contributed by atoms with Gasteiger partial charge in [-0.3, -0.25) is 4.79 Å². The van der Waals surface area contributed by atoms with E-state index in [1.807, 2.05) is 0 Å². The molecule has 0 aliphatic heterocycles. The summed E-state index contributed by atoms with van der Waals surface area (Å²) in [7, 11) is 1.30. The Hall–Kier alpha value is -1.31. The zero-order valence-corrected chi connectivity index (χ0v) is 11.3. The van der Waals surface area contributed by atoms with Crippen molar-refractivity contribution in [3.8, 4) is 5.75 Å². The maximum absolute atomic E-state index is 12.7. The SMILES string of the molecule is COc1cc(Br)ccc1C(=O)NCC(F)(F)C(F)F. The van der Waals surface area contributed by atoms with Crippen molar-refractivity contribution >= 4 is 21.8 Å². The van der Waals surface area contributed by atoms with E-state index >= 15 is 0 Å². The molecule has 0 bridgehead atoms. The molecule has 8 heteroatoms. The molecule has 0 heterocycles. The minimum Gasteiger partial charge on any atom is -0.496 e. The summed E-state index contributed by atoms with van der Waals surface area (Å²) < 4.78 is 54.7. The van der Waals surface area contributed by atoms with Gasteiger partial charge in [0, 0.05) is 4.47 Å². The monoisotopic (exact) mass is 343 g/mol. The van der Waals surface area contributed by atoms with Gasteiger partial charge in [-0.15, -0.1) is 0 Å². The average Bonchev–Trinajstić information content (AvgIpc) is 2.35. The molecule has 0 fully saturated rings. The summed E-state index contributed by atoms with van der Waals surface area (Å²) in [6.45, 7) is -1.44. The molecule has 0 aliphatic carbocycles. The van der Waals surface area contributed by atoms with Gasteiger partial charge in [0.15, 0.2) is 0 Å². The van der Waals surface area contributed by atoms with Gasteiger partial charge < -0.3 is 10.1 Å². The summed E-state index contributed by atoms with van der Waals surface area (Å²) in [5, 5.41) is 1.75. The smallest absolute Gasteiger partial charge is 0.324 e. The Bertz CT molecular complexity index is 468. The lowest BCUT2D eigenvalue weighted by Crippen LogP contribution is -2.41. The molecule has 0 saturated heterocycles. The highest BCUT2D eigenvalue weighted by Crippen LogP contribution is 2.25. The third kappa shape index (κ3) is 4.09. The Morgan fingerprint density at radius 2 is 2.11 bits per heavy atom. The van der Waals surface area contributed by atoms with E-state index in [2.05, 4.69) is 15.9 Å². The Morgan fingerprint density at radius 1 is 1.47 bits per heavy atom. The fourth-order valence-electron chi connectivity index (χ4n) is 1.22. The average molecular weight is 344 g/mol. The van der Waals surface area contributed by atoms with Gasteiger partial charge in [-0.05, 0) is 18.2 Å². The predicted molar refractivity (Wildman–Crippen MR) is 64.0 cm³/mol. The van der Waals surface area contributed by atoms with Crippen LogP contribution in [0.2, 0.25) is 0 Å². The van der Waals surface area contributed by atoms with Crippen LogP contribution in [0.25, 0.3) is 0 Å². The maximum atomic E-state index is 12.7. The Labute approximate surface area is 115 Å². The van der Waals surface area contributed by atoms with Crippen molar-refractivity contribution in [2.45, 2.75) is 12.3 Å². The first kappa shape index (κ1) is 15.7. The normalized spacial score (nSPS) is 11.5. The first-order chi connectivity index (χ1) is 8.77. The maximum Gasteiger partial charge on any atom is 0.324 e. The predicted octanol–water partition coefficient (Wildman–Crippen LogP) is 3.09. The molecule has 1 aromatic rings. The van der Waals surface area contributed by atoms with E-state index in [4.69, 9.17) is 4.74 Å². The number of carbonyl (C=O) groups excluding carboxylic acids is 1. The standard InChI is InChI=1S/C11H10BrF4NO2/c1-19-8-4-6(12)2-3-7(8)9(18)17-5-11(15,16)10(13)14/h2-4,10H,5H2,1H3,(H,17,18). The zero-order chi connectivity index (χ0) is 14.6. The number of hydrogen-bond acceptors (Lipinski definition) is 2. The Morgan fingerprint density at radius 3 is 2.63 bits per heavy atom. The zero-order valence-electron chi connectivity index (χ0n) is 9.72. The lowest BCUT2D eigenvalue weighted by molar-refractivity contribution is -0.123. The van der Waals surface area contributed by atoms with Gasteiger partial charge in [-0.25, -0.2) is 8.78 Å². The number of halogens is 5. The molecule has 106 valence electrons. The van der Waals surface area contributed by atoms with Gasteiger partial charge in [0.25, 0.3) is 5.91 Å². The van der Waals surface area contributed by atoms with Crippen LogP contribution in [-0.2, 0) is 0 Å². The molecule has 0 unspecified atom stereocenters. The van der Waals surface area contributed by atoms with Crippen molar-refractivity contribution in [2.24, 2.45) is 0 Å². The summed E-state index contributed by atoms with van der Waals surface area (Å²) in [6, 6.07) is 4.29. The van der Waals surface area contributed by atoms with Gasteiger partial charge in [0.2, 0.25) is 0 Å². The van der Waals surface area contributed by atoms with Crippen LogP contribution in [0.4, 0.5) is 17.6 Å². The second-order valence-electron chi connectivity index (χ2n) is 3.59. The second-order valence-corrected chi connectivity index (χ2v) is 4.50. The number of amides is 1. The first-order valence-corrected chi connectivity index (χ1v) is 5.85. The highest BCUT2D eigenvalue weighted by molar-refractivity contribution is 9.10. The van der Waals surface area contributed by atoms with Gasteiger partial charge in [0.05, 0.1) is 19.2 Å². The second kappa shape index (κ2) is 6.23. The van der Waals surface area contributed by atoms with E-state index in [0.29, 0.717) is 4.47 Å². The number of carbonyl (C=O) groups is 1. The van der Waals surface area contributed by atoms with Crippen molar-refractivity contribution in [2.75, 3.05) is 13.7 Å². The van der Waals surface area contributed by atoms with Crippen molar-refractivity contribution in [1.29, 1.82) is 0 Å². The summed E-state index contributed by atoms with van der Waals surface area (Å²) in [5.41, 5.74) is -0.0178. The van der Waals surface area contributed by atoms with E-state index in [9.17, 15) is 22.4 Å². The number of methoxy groups -OCH3 is 1. The molecule has 1 amide bonds. The lowest BCUT2D eigenvalue weighted by Gasteiger charge is -2.16. The van der Waals surface area contributed by atoms with E-state index < -0.39 is 24.8 Å². The van der Waals surface area contributed by atoms with Crippen molar-refractivity contribution in [3.05, 3.63) is 28.2 Å². The van der Waals surface area contributed by atoms with E-state index in [1.165, 1.54) is 25.3 Å². The highest BCUT2D eigenvalue weighted by Gasteiger charge is 2.41. The minimum absolute atomic E-state index is 0.0178. The lowest BCUT2D eigenvalue weighted by atomic mass is 10.2. The fourth-order valence-corrected chi connectivity index (χ4v) is 1.56. The summed E-state index contributed by atoms with van der Waals surface area (Å²) in [4.78, 5) is 11.6. The van der Waals surface area contributed by atoms with Gasteiger partial charge in [0.1, 0.15) is 5.75 Å². The van der Waals surface area contributed by atoms with Crippen LogP contribution in [0.3, 0.4) is 0 Å². The van der Waals surface area contributed by atoms with E-state index in [0.717, 1.165) is 0 Å². The van der Waals surface area contributed by atoms with Crippen LogP contribution < -0.4 is 10.1 Å². The third-order valence-electron chi connectivity index (χ3n) is 2.21. The van der Waals surface area contributed by atoms with Gasteiger partial charge >= 0.3 is 12.3 Å². The van der Waals surface area contributed by atoms with Crippen molar-refractivity contribution < 1.29 is 27.1 Å². The molecule has 1 N–H and O–H groups in total. The number of alkyl halides is 4. The molecule has 19 heavy (non-hydrogen) atoms. The Balaban J connectivity index is 2.79. The number of ether oxygens (including phenoxy) is 1. The summed E-state index contributed by atoms with van der Waals surface area (Å²) >= 11 is 3.15. The van der Waals surface area contributed by atoms with Crippen LogP contribution in [0.1, 0.15) is 10.4 Å². The van der Waals surface area contributed by atoms with Crippen LogP contribution in [0.15, 0.2) is 22.7 Å². The highest BCUT2D eigenvalue weighted by atomic mass is 79.9. The number of benzene rings is 1. The number of rotatable bonds is 5. The Kier molecular flexibility index (Phi) is 5.16. The molecular weight excluding hydrogens is 334 g/mol. The molecule has 3 nitrogen and oxygen atoms in total. The number of hydrogen-bond donors (Lipinski definition) is 1. The molecule has 0 spiro atoms. The van der Waals surface area contributed by atoms with Crippen molar-refractivity contribution in [1.82, 2.24) is 5.32 Å². The first-order valence-electron chi connectivity index (χ1n) is 5.05.